The molecule has 0 unspecified atom stereocenters. The van der Waals surface area contributed by atoms with Gasteiger partial charge in [0.05, 0.1) is 12.3 Å². The Morgan fingerprint density at radius 3 is 2.74 bits per heavy atom. The van der Waals surface area contributed by atoms with Crippen LogP contribution in [0.4, 0.5) is 16.0 Å². The molecule has 0 saturated carbocycles. The van der Waals surface area contributed by atoms with Gasteiger partial charge in [0.1, 0.15) is 11.6 Å². The van der Waals surface area contributed by atoms with E-state index in [1.807, 2.05) is 6.07 Å². The number of halogens is 1. The zero-order valence-corrected chi connectivity index (χ0v) is 14.1. The Labute approximate surface area is 153 Å². The predicted molar refractivity (Wildman–Crippen MR) is 93.4 cm³/mol. The van der Waals surface area contributed by atoms with Crippen LogP contribution < -0.4 is 10.6 Å². The van der Waals surface area contributed by atoms with Gasteiger partial charge in [-0.1, -0.05) is 18.2 Å². The van der Waals surface area contributed by atoms with Crippen molar-refractivity contribution in [2.45, 2.75) is 24.8 Å². The summed E-state index contributed by atoms with van der Waals surface area (Å²) in [6.07, 6.45) is 2.41. The maximum absolute atomic E-state index is 14.5. The number of allylic oxidation sites excluding steroid dienone is 1. The van der Waals surface area contributed by atoms with Crippen molar-refractivity contribution in [2.24, 2.45) is 0 Å². The number of Topliss-reactive ketones (excluding diaryl/α,β-unsaturated/α-hetero) is 1. The fourth-order valence-corrected chi connectivity index (χ4v) is 3.77. The molecule has 0 bridgehead atoms. The number of ketones is 1. The van der Waals surface area contributed by atoms with E-state index in [1.165, 1.54) is 6.07 Å². The lowest BCUT2D eigenvalue weighted by Crippen LogP contribution is -2.27. The van der Waals surface area contributed by atoms with Crippen LogP contribution in [0.25, 0.3) is 0 Å². The third kappa shape index (κ3) is 2.61. The molecular weight excluding hydrogens is 351 g/mol. The Balaban J connectivity index is 1.64. The molecule has 1 aromatic carbocycles. The second kappa shape index (κ2) is 6.08. The van der Waals surface area contributed by atoms with Gasteiger partial charge in [-0.2, -0.15) is 0 Å². The van der Waals surface area contributed by atoms with Crippen molar-refractivity contribution < 1.29 is 18.2 Å². The Morgan fingerprint density at radius 1 is 1.07 bits per heavy atom. The van der Waals surface area contributed by atoms with Gasteiger partial charge in [-0.3, -0.25) is 4.79 Å². The summed E-state index contributed by atoms with van der Waals surface area (Å²) in [4.78, 5) is 13.1. The summed E-state index contributed by atoms with van der Waals surface area (Å²) in [6.45, 7) is 0. The van der Waals surface area contributed by atoms with Crippen LogP contribution in [0, 0.1) is 5.82 Å². The monoisotopic (exact) mass is 366 g/mol. The number of furan rings is 1. The van der Waals surface area contributed by atoms with Gasteiger partial charge in [-0.05, 0) is 34.9 Å². The Kier molecular flexibility index (Phi) is 3.56. The molecule has 27 heavy (non-hydrogen) atoms. The Bertz CT molecular complexity index is 1040. The number of nitrogens with one attached hydrogen (secondary N) is 2. The van der Waals surface area contributed by atoms with Crippen LogP contribution >= 0.6 is 0 Å². The first kappa shape index (κ1) is 15.8. The van der Waals surface area contributed by atoms with E-state index in [4.69, 9.17) is 9.05 Å². The quantitative estimate of drug-likeness (QED) is 0.713. The minimum absolute atomic E-state index is 0.0759. The van der Waals surface area contributed by atoms with Crippen LogP contribution in [-0.4, -0.2) is 16.1 Å². The van der Waals surface area contributed by atoms with Gasteiger partial charge >= 0.3 is 0 Å². The lowest BCUT2D eigenvalue weighted by Gasteiger charge is -2.28. The van der Waals surface area contributed by atoms with Gasteiger partial charge < -0.3 is 15.1 Å². The third-order valence-electron chi connectivity index (χ3n) is 5.00. The highest BCUT2D eigenvalue weighted by Gasteiger charge is 2.38. The number of nitrogens with zero attached hydrogens (tertiary/aromatic N) is 2. The second-order valence-corrected chi connectivity index (χ2v) is 6.62. The molecule has 2 N–H and O–H groups in total. The van der Waals surface area contributed by atoms with Crippen molar-refractivity contribution in [3.05, 3.63) is 71.1 Å². The fourth-order valence-electron chi connectivity index (χ4n) is 3.77. The molecule has 0 fully saturated rings. The van der Waals surface area contributed by atoms with E-state index < -0.39 is 11.9 Å². The first-order valence-corrected chi connectivity index (χ1v) is 8.61. The molecular formula is C19H15FN4O3. The largest absolute Gasteiger partial charge is 0.469 e. The summed E-state index contributed by atoms with van der Waals surface area (Å²) in [6, 6.07) is 9.34. The van der Waals surface area contributed by atoms with Gasteiger partial charge in [0, 0.05) is 29.2 Å². The number of hydrogen-bond donors (Lipinski definition) is 2. The molecule has 0 spiro atoms. The third-order valence-corrected chi connectivity index (χ3v) is 5.00. The molecule has 2 atom stereocenters. The van der Waals surface area contributed by atoms with Crippen LogP contribution in [0.15, 0.2) is 63.0 Å². The van der Waals surface area contributed by atoms with Crippen LogP contribution in [0.5, 0.6) is 0 Å². The summed E-state index contributed by atoms with van der Waals surface area (Å²) >= 11 is 0. The molecule has 0 radical (unpaired) electrons. The zero-order chi connectivity index (χ0) is 18.4. The topological polar surface area (TPSA) is 93.2 Å². The molecule has 1 aliphatic carbocycles. The van der Waals surface area contributed by atoms with E-state index in [0.29, 0.717) is 34.9 Å². The summed E-state index contributed by atoms with van der Waals surface area (Å²) in [5.41, 5.74) is 1.53. The Hall–Kier alpha value is -3.42. The number of hydrogen-bond acceptors (Lipinski definition) is 7. The van der Waals surface area contributed by atoms with Gasteiger partial charge in [0.15, 0.2) is 5.78 Å². The Morgan fingerprint density at radius 2 is 1.93 bits per heavy atom. The molecule has 0 amide bonds. The summed E-state index contributed by atoms with van der Waals surface area (Å²) in [5, 5.41) is 13.9. The van der Waals surface area contributed by atoms with Crippen molar-refractivity contribution >= 4 is 17.4 Å². The number of carbonyl (C=O) groups is 1. The molecule has 136 valence electrons. The second-order valence-electron chi connectivity index (χ2n) is 6.62. The maximum atomic E-state index is 14.5. The standard InChI is InChI=1S/C19H15FN4O3/c20-12-5-2-1-4-11(12)17-16-13(21-18-19(22-17)24-27-23-18)8-10(9-14(16)25)15-6-3-7-26-15/h1-7,10,17H,8-9H2,(H,21,23)(H,22,24)/t10-,17-/m1/s1. The number of carbonyl (C=O) groups excluding carboxylic acids is 1. The predicted octanol–water partition coefficient (Wildman–Crippen LogP) is 3.78. The van der Waals surface area contributed by atoms with Crippen molar-refractivity contribution in [1.82, 2.24) is 10.3 Å². The molecule has 5 rings (SSSR count). The molecule has 3 aromatic rings. The number of rotatable bonds is 2. The summed E-state index contributed by atoms with van der Waals surface area (Å²) in [5.74, 6) is 0.876. The van der Waals surface area contributed by atoms with E-state index in [0.717, 1.165) is 5.76 Å². The van der Waals surface area contributed by atoms with E-state index >= 15 is 0 Å². The SMILES string of the molecule is O=C1C[C@H](c2ccco2)CC2=C1[C@@H](c1ccccc1F)Nc1nonc1N2. The van der Waals surface area contributed by atoms with Gasteiger partial charge in [0.2, 0.25) is 11.6 Å². The van der Waals surface area contributed by atoms with Crippen LogP contribution in [0.3, 0.4) is 0 Å². The van der Waals surface area contributed by atoms with Crippen molar-refractivity contribution in [1.29, 1.82) is 0 Å². The first-order valence-electron chi connectivity index (χ1n) is 8.61. The van der Waals surface area contributed by atoms with Crippen molar-refractivity contribution in [3.8, 4) is 0 Å². The first-order chi connectivity index (χ1) is 13.2. The van der Waals surface area contributed by atoms with Crippen LogP contribution in [-0.2, 0) is 4.79 Å². The maximum Gasteiger partial charge on any atom is 0.219 e. The minimum atomic E-state index is -0.688. The zero-order valence-electron chi connectivity index (χ0n) is 14.1. The summed E-state index contributed by atoms with van der Waals surface area (Å²) < 4.78 is 24.8. The van der Waals surface area contributed by atoms with E-state index in [2.05, 4.69) is 20.9 Å². The molecule has 2 aliphatic rings. The number of benzene rings is 1. The smallest absolute Gasteiger partial charge is 0.219 e. The highest BCUT2D eigenvalue weighted by Crippen LogP contribution is 2.43. The van der Waals surface area contributed by atoms with Crippen LogP contribution in [0.1, 0.15) is 36.1 Å². The number of fused-ring (bicyclic) bond motifs is 1. The number of anilines is 2. The van der Waals surface area contributed by atoms with Gasteiger partial charge in [0.25, 0.3) is 0 Å². The van der Waals surface area contributed by atoms with E-state index in [1.54, 1.807) is 30.5 Å². The molecule has 3 heterocycles. The molecule has 8 heteroatoms. The molecule has 1 aliphatic heterocycles. The van der Waals surface area contributed by atoms with Crippen LogP contribution in [0.2, 0.25) is 0 Å². The fraction of sp³-hybridized carbons (Fsp3) is 0.211. The van der Waals surface area contributed by atoms with Gasteiger partial charge in [-0.15, -0.1) is 0 Å². The lowest BCUT2D eigenvalue weighted by atomic mass is 9.80. The van der Waals surface area contributed by atoms with E-state index in [9.17, 15) is 9.18 Å². The molecule has 7 nitrogen and oxygen atoms in total. The van der Waals surface area contributed by atoms with E-state index in [-0.39, 0.29) is 18.1 Å². The molecule has 2 aromatic heterocycles. The molecule has 0 saturated heterocycles. The van der Waals surface area contributed by atoms with Crippen molar-refractivity contribution in [2.75, 3.05) is 10.6 Å². The van der Waals surface area contributed by atoms with Gasteiger partial charge in [-0.25, -0.2) is 9.02 Å². The lowest BCUT2D eigenvalue weighted by molar-refractivity contribution is -0.116. The minimum Gasteiger partial charge on any atom is -0.469 e. The summed E-state index contributed by atoms with van der Waals surface area (Å²) in [7, 11) is 0. The average molecular weight is 366 g/mol. The number of aromatic nitrogens is 2. The normalized spacial score (nSPS) is 21.7. The highest BCUT2D eigenvalue weighted by atomic mass is 19.1. The highest BCUT2D eigenvalue weighted by molar-refractivity contribution is 6.00. The average Bonchev–Trinajstić information content (AvgIpc) is 3.31. The van der Waals surface area contributed by atoms with Crippen molar-refractivity contribution in [3.63, 3.8) is 0 Å².